The molecule has 0 saturated heterocycles. The summed E-state index contributed by atoms with van der Waals surface area (Å²) in [5.41, 5.74) is 0. The van der Waals surface area contributed by atoms with Gasteiger partial charge in [0.2, 0.25) is 0 Å². The average molecular weight is 97.7 g/mol. The van der Waals surface area contributed by atoms with Gasteiger partial charge in [-0.15, -0.1) is 0 Å². The molecule has 0 bridgehead atoms. The van der Waals surface area contributed by atoms with Crippen molar-refractivity contribution in [2.24, 2.45) is 0 Å². The Balaban J connectivity index is 2.91. The van der Waals surface area contributed by atoms with Crippen LogP contribution in [0.5, 0.6) is 0 Å². The Morgan fingerprint density at radius 2 is 2.33 bits per heavy atom. The molecular formula is C3H9B2P. The van der Waals surface area contributed by atoms with Crippen LogP contribution in [-0.2, 0) is 0 Å². The SMILES string of the molecule is B#P(B)CCC. The van der Waals surface area contributed by atoms with Gasteiger partial charge in [0.15, 0.2) is 0 Å². The third-order valence-corrected chi connectivity index (χ3v) is 1.73. The molecule has 0 amide bonds. The van der Waals surface area contributed by atoms with Gasteiger partial charge >= 0.3 is 41.2 Å². The van der Waals surface area contributed by atoms with Gasteiger partial charge in [0.25, 0.3) is 0 Å². The molecule has 0 saturated carbocycles. The first-order valence-electron chi connectivity index (χ1n) is 2.23. The molecule has 1 unspecified atom stereocenters. The Kier molecular flexibility index (Phi) is 3.87. The first-order chi connectivity index (χ1) is 2.77. The summed E-state index contributed by atoms with van der Waals surface area (Å²) < 4.78 is 0. The molecule has 0 aromatic heterocycles. The van der Waals surface area contributed by atoms with Crippen molar-refractivity contribution < 1.29 is 0 Å². The van der Waals surface area contributed by atoms with Gasteiger partial charge in [0.05, 0.1) is 0 Å². The number of rotatable bonds is 1. The van der Waals surface area contributed by atoms with Crippen LogP contribution >= 0.6 is 7.12 Å². The molecule has 32 valence electrons. The van der Waals surface area contributed by atoms with E-state index in [0.29, 0.717) is 0 Å². The minimum absolute atomic E-state index is 0.101. The van der Waals surface area contributed by atoms with E-state index in [4.69, 9.17) is 7.01 Å². The molecule has 0 rings (SSSR count). The second kappa shape index (κ2) is 3.61. The maximum atomic E-state index is 5.47. The van der Waals surface area contributed by atoms with E-state index in [2.05, 4.69) is 14.5 Å². The van der Waals surface area contributed by atoms with Crippen molar-refractivity contribution in [3.05, 3.63) is 0 Å². The first-order valence-corrected chi connectivity index (χ1v) is 4.27. The molecular weight excluding hydrogens is 88.6 g/mol. The minimum atomic E-state index is -0.101. The second-order valence-corrected chi connectivity index (χ2v) is 3.44. The van der Waals surface area contributed by atoms with E-state index in [1.54, 1.807) is 0 Å². The second-order valence-electron chi connectivity index (χ2n) is 1.48. The summed E-state index contributed by atoms with van der Waals surface area (Å²) in [6.45, 7) is 2.16. The van der Waals surface area contributed by atoms with Gasteiger partial charge in [-0.25, -0.2) is 0 Å². The quantitative estimate of drug-likeness (QED) is 0.331. The van der Waals surface area contributed by atoms with Crippen molar-refractivity contribution in [1.82, 2.24) is 0 Å². The molecule has 0 fully saturated rings. The summed E-state index contributed by atoms with van der Waals surface area (Å²) in [5.74, 6) is 0. The van der Waals surface area contributed by atoms with Crippen LogP contribution in [-0.4, -0.2) is 20.7 Å². The van der Waals surface area contributed by atoms with E-state index < -0.39 is 0 Å². The van der Waals surface area contributed by atoms with Gasteiger partial charge in [-0.1, -0.05) is 0 Å². The van der Waals surface area contributed by atoms with Crippen LogP contribution in [0.25, 0.3) is 0 Å². The van der Waals surface area contributed by atoms with Gasteiger partial charge in [0, 0.05) is 0 Å². The van der Waals surface area contributed by atoms with Gasteiger partial charge in [0.1, 0.15) is 0 Å². The Morgan fingerprint density at radius 1 is 1.83 bits per heavy atom. The zero-order valence-electron chi connectivity index (χ0n) is 4.44. The molecule has 0 aliphatic rings. The zero-order valence-corrected chi connectivity index (χ0v) is 5.33. The Hall–Kier alpha value is 0.430. The van der Waals surface area contributed by atoms with Crippen LogP contribution in [0.15, 0.2) is 0 Å². The van der Waals surface area contributed by atoms with Crippen molar-refractivity contribution in [2.75, 3.05) is 6.16 Å². The molecule has 3 heteroatoms. The van der Waals surface area contributed by atoms with Gasteiger partial charge < -0.3 is 0 Å². The van der Waals surface area contributed by atoms with Gasteiger partial charge in [-0.05, 0) is 0 Å². The van der Waals surface area contributed by atoms with E-state index in [-0.39, 0.29) is 7.12 Å². The Labute approximate surface area is 42.1 Å². The summed E-state index contributed by atoms with van der Waals surface area (Å²) in [6.07, 6.45) is 2.45. The van der Waals surface area contributed by atoms with E-state index in [1.165, 1.54) is 12.6 Å². The van der Waals surface area contributed by atoms with Crippen LogP contribution in [0.4, 0.5) is 0 Å². The monoisotopic (exact) mass is 98.1 g/mol. The number of hydrogen-bond donors (Lipinski definition) is 0. The van der Waals surface area contributed by atoms with E-state index in [1.807, 2.05) is 0 Å². The van der Waals surface area contributed by atoms with Gasteiger partial charge in [-0.2, -0.15) is 0 Å². The normalized spacial score (nSPS) is 11.5. The summed E-state index contributed by atoms with van der Waals surface area (Å²) in [5, 5.41) is 0. The molecule has 6 heavy (non-hydrogen) atoms. The summed E-state index contributed by atoms with van der Waals surface area (Å²) in [6, 6.07) is 0. The zero-order chi connectivity index (χ0) is 4.99. The standard InChI is InChI=1S/C3H9B2P/c1-2-3-6(4)5/h2-4H2,1H3. The van der Waals surface area contributed by atoms with Crippen LogP contribution in [0.2, 0.25) is 0 Å². The van der Waals surface area contributed by atoms with Crippen molar-refractivity contribution in [3.8, 4) is 0 Å². The molecule has 0 heterocycles. The maximum absolute atomic E-state index is 5.47. The topological polar surface area (TPSA) is 0 Å². The Morgan fingerprint density at radius 3 is 2.33 bits per heavy atom. The van der Waals surface area contributed by atoms with Crippen LogP contribution in [0.1, 0.15) is 13.3 Å². The number of hydrogen-bond acceptors (Lipinski definition) is 0. The summed E-state index contributed by atoms with van der Waals surface area (Å²) >= 11 is 0. The predicted octanol–water partition coefficient (Wildman–Crippen LogP) is 0.510. The van der Waals surface area contributed by atoms with Crippen LogP contribution in [0, 0.1) is 0 Å². The third-order valence-electron chi connectivity index (χ3n) is 0.576. The Bertz CT molecular complexity index is 80.5. The molecule has 0 N–H and O–H groups in total. The first kappa shape index (κ1) is 6.43. The van der Waals surface area contributed by atoms with E-state index >= 15 is 0 Å². The van der Waals surface area contributed by atoms with Crippen molar-refractivity contribution in [1.29, 1.82) is 0 Å². The van der Waals surface area contributed by atoms with Crippen LogP contribution in [0.3, 0.4) is 0 Å². The fourth-order valence-electron chi connectivity index (χ4n) is 0.353. The van der Waals surface area contributed by atoms with E-state index in [0.717, 1.165) is 0 Å². The molecule has 1 atom stereocenters. The fourth-order valence-corrected chi connectivity index (χ4v) is 1.06. The van der Waals surface area contributed by atoms with Crippen molar-refractivity contribution in [2.45, 2.75) is 13.3 Å². The predicted molar refractivity (Wildman–Crippen MR) is 36.4 cm³/mol. The molecule has 0 aliphatic heterocycles. The van der Waals surface area contributed by atoms with Crippen molar-refractivity contribution in [3.63, 3.8) is 0 Å². The molecule has 0 aliphatic carbocycles. The molecule has 0 nitrogen and oxygen atoms in total. The summed E-state index contributed by atoms with van der Waals surface area (Å²) in [7, 11) is 7.46. The van der Waals surface area contributed by atoms with Crippen molar-refractivity contribution >= 4 is 21.7 Å². The van der Waals surface area contributed by atoms with Gasteiger partial charge in [-0.3, -0.25) is 0 Å². The molecule has 0 radical (unpaired) electrons. The van der Waals surface area contributed by atoms with E-state index in [9.17, 15) is 0 Å². The molecule has 0 aromatic carbocycles. The van der Waals surface area contributed by atoms with Crippen LogP contribution < -0.4 is 0 Å². The summed E-state index contributed by atoms with van der Waals surface area (Å²) in [4.78, 5) is 0. The third kappa shape index (κ3) is 4.43. The average Bonchev–Trinajstić information content (AvgIpc) is 1.35. The molecule has 0 spiro atoms. The fraction of sp³-hybridized carbons (Fsp3) is 1.00. The molecule has 0 aromatic rings.